The van der Waals surface area contributed by atoms with Gasteiger partial charge in [-0.2, -0.15) is 0 Å². The third-order valence-corrected chi connectivity index (χ3v) is 3.41. The zero-order chi connectivity index (χ0) is 12.8. The largest absolute Gasteiger partial charge is 0.265 e. The van der Waals surface area contributed by atoms with Gasteiger partial charge in [-0.3, -0.25) is 4.98 Å². The Kier molecular flexibility index (Phi) is 4.77. The fourth-order valence-corrected chi connectivity index (χ4v) is 2.35. The quantitative estimate of drug-likeness (QED) is 0.735. The summed E-state index contributed by atoms with van der Waals surface area (Å²) >= 11 is 6.38. The summed E-state index contributed by atoms with van der Waals surface area (Å²) < 4.78 is 0. The summed E-state index contributed by atoms with van der Waals surface area (Å²) in [6, 6.07) is 12.7. The molecule has 0 aliphatic rings. The predicted octanol–water partition coefficient (Wildman–Crippen LogP) is 4.17. The lowest BCUT2D eigenvalue weighted by molar-refractivity contribution is 0.742. The van der Waals surface area contributed by atoms with Gasteiger partial charge in [0, 0.05) is 17.8 Å². The van der Waals surface area contributed by atoms with E-state index < -0.39 is 0 Å². The molecule has 0 N–H and O–H groups in total. The molecule has 0 aliphatic heterocycles. The molecule has 1 unspecified atom stereocenters. The second kappa shape index (κ2) is 6.55. The van der Waals surface area contributed by atoms with Crippen LogP contribution >= 0.6 is 11.6 Å². The number of rotatable bonds is 5. The van der Waals surface area contributed by atoms with Crippen LogP contribution in [0, 0.1) is 6.92 Å². The summed E-state index contributed by atoms with van der Waals surface area (Å²) in [5.74, 6) is 0. The van der Waals surface area contributed by atoms with Crippen molar-refractivity contribution in [3.63, 3.8) is 0 Å². The first kappa shape index (κ1) is 13.1. The highest BCUT2D eigenvalue weighted by atomic mass is 35.5. The van der Waals surface area contributed by atoms with Gasteiger partial charge in [0.1, 0.15) is 0 Å². The van der Waals surface area contributed by atoms with Crippen LogP contribution in [0.5, 0.6) is 0 Å². The van der Waals surface area contributed by atoms with Gasteiger partial charge in [0.25, 0.3) is 0 Å². The van der Waals surface area contributed by atoms with E-state index in [9.17, 15) is 0 Å². The molecule has 94 valence electrons. The van der Waals surface area contributed by atoms with Gasteiger partial charge >= 0.3 is 0 Å². The molecule has 1 aromatic carbocycles. The molecule has 1 heterocycles. The van der Waals surface area contributed by atoms with Crippen molar-refractivity contribution in [3.05, 3.63) is 65.5 Å². The minimum Gasteiger partial charge on any atom is -0.265 e. The molecule has 0 bridgehead atoms. The average molecular weight is 260 g/mol. The first-order valence-electron chi connectivity index (χ1n) is 6.32. The van der Waals surface area contributed by atoms with Gasteiger partial charge < -0.3 is 0 Å². The molecule has 2 heteroatoms. The van der Waals surface area contributed by atoms with Crippen molar-refractivity contribution in [1.82, 2.24) is 4.98 Å². The fourth-order valence-electron chi connectivity index (χ4n) is 2.07. The van der Waals surface area contributed by atoms with Gasteiger partial charge in [0.15, 0.2) is 0 Å². The minimum atomic E-state index is 0.188. The van der Waals surface area contributed by atoms with Gasteiger partial charge in [-0.25, -0.2) is 0 Å². The number of aromatic nitrogens is 1. The van der Waals surface area contributed by atoms with Gasteiger partial charge in [0.05, 0.1) is 0 Å². The molecule has 0 radical (unpaired) electrons. The van der Waals surface area contributed by atoms with Gasteiger partial charge in [-0.15, -0.1) is 11.6 Å². The van der Waals surface area contributed by atoms with Crippen LogP contribution in [0.4, 0.5) is 0 Å². The molecule has 1 atom stereocenters. The monoisotopic (exact) mass is 259 g/mol. The Morgan fingerprint density at radius 3 is 2.61 bits per heavy atom. The normalized spacial score (nSPS) is 12.3. The van der Waals surface area contributed by atoms with E-state index in [1.807, 2.05) is 24.5 Å². The Hall–Kier alpha value is -1.34. The molecule has 2 aromatic rings. The Morgan fingerprint density at radius 2 is 1.89 bits per heavy atom. The number of halogens is 1. The summed E-state index contributed by atoms with van der Waals surface area (Å²) in [6.07, 6.45) is 6.60. The predicted molar refractivity (Wildman–Crippen MR) is 77.1 cm³/mol. The van der Waals surface area contributed by atoms with Crippen LogP contribution in [0.25, 0.3) is 0 Å². The third kappa shape index (κ3) is 4.15. The van der Waals surface area contributed by atoms with Crippen LogP contribution in [0.2, 0.25) is 0 Å². The van der Waals surface area contributed by atoms with Gasteiger partial charge in [-0.05, 0) is 49.4 Å². The molecule has 0 saturated carbocycles. The second-order valence-corrected chi connectivity index (χ2v) is 5.30. The lowest BCUT2D eigenvalue weighted by Crippen LogP contribution is -2.05. The van der Waals surface area contributed by atoms with Crippen molar-refractivity contribution in [1.29, 1.82) is 0 Å². The smallest absolute Gasteiger partial charge is 0.0379 e. The molecular formula is C16H18ClN. The van der Waals surface area contributed by atoms with E-state index in [-0.39, 0.29) is 5.38 Å². The van der Waals surface area contributed by atoms with E-state index in [1.54, 1.807) is 0 Å². The summed E-state index contributed by atoms with van der Waals surface area (Å²) in [7, 11) is 0. The number of nitrogens with zero attached hydrogens (tertiary/aromatic N) is 1. The van der Waals surface area contributed by atoms with E-state index in [0.29, 0.717) is 0 Å². The molecule has 0 amide bonds. The number of hydrogen-bond donors (Lipinski definition) is 0. The Balaban J connectivity index is 1.83. The topological polar surface area (TPSA) is 12.9 Å². The van der Waals surface area contributed by atoms with E-state index in [0.717, 1.165) is 19.3 Å². The molecule has 1 aromatic heterocycles. The molecule has 0 spiro atoms. The molecule has 0 fully saturated rings. The number of pyridine rings is 1. The van der Waals surface area contributed by atoms with Gasteiger partial charge in [-0.1, -0.05) is 29.8 Å². The van der Waals surface area contributed by atoms with Crippen molar-refractivity contribution in [2.45, 2.75) is 31.6 Å². The van der Waals surface area contributed by atoms with Crippen LogP contribution in [-0.2, 0) is 12.8 Å². The SMILES string of the molecule is Cc1cccc(CCC(Cl)Cc2ccncc2)c1. The Morgan fingerprint density at radius 1 is 1.11 bits per heavy atom. The highest BCUT2D eigenvalue weighted by molar-refractivity contribution is 6.20. The second-order valence-electron chi connectivity index (χ2n) is 4.68. The molecule has 0 aliphatic carbocycles. The summed E-state index contributed by atoms with van der Waals surface area (Å²) in [5, 5.41) is 0.188. The number of benzene rings is 1. The summed E-state index contributed by atoms with van der Waals surface area (Å²) in [4.78, 5) is 4.01. The maximum absolute atomic E-state index is 6.38. The lowest BCUT2D eigenvalue weighted by Gasteiger charge is -2.09. The number of aryl methyl sites for hydroxylation is 2. The first-order chi connectivity index (χ1) is 8.74. The van der Waals surface area contributed by atoms with Crippen molar-refractivity contribution in [3.8, 4) is 0 Å². The number of hydrogen-bond acceptors (Lipinski definition) is 1. The van der Waals surface area contributed by atoms with Crippen LogP contribution < -0.4 is 0 Å². The standard InChI is InChI=1S/C16H18ClN/c1-13-3-2-4-14(11-13)5-6-16(17)12-15-7-9-18-10-8-15/h2-4,7-11,16H,5-6,12H2,1H3. The first-order valence-corrected chi connectivity index (χ1v) is 6.76. The molecule has 0 saturated heterocycles. The number of alkyl halides is 1. The van der Waals surface area contributed by atoms with Crippen molar-refractivity contribution in [2.24, 2.45) is 0 Å². The lowest BCUT2D eigenvalue weighted by atomic mass is 10.0. The zero-order valence-corrected chi connectivity index (χ0v) is 11.4. The highest BCUT2D eigenvalue weighted by Gasteiger charge is 2.06. The van der Waals surface area contributed by atoms with Crippen LogP contribution in [0.3, 0.4) is 0 Å². The summed E-state index contributed by atoms with van der Waals surface area (Å²) in [5.41, 5.74) is 3.94. The van der Waals surface area contributed by atoms with Crippen LogP contribution in [-0.4, -0.2) is 10.4 Å². The molecule has 1 nitrogen and oxygen atoms in total. The average Bonchev–Trinajstić information content (AvgIpc) is 2.38. The Labute approximate surface area is 114 Å². The van der Waals surface area contributed by atoms with Gasteiger partial charge in [0.2, 0.25) is 0 Å². The third-order valence-electron chi connectivity index (χ3n) is 3.04. The van der Waals surface area contributed by atoms with E-state index in [4.69, 9.17) is 11.6 Å². The van der Waals surface area contributed by atoms with E-state index in [1.165, 1.54) is 16.7 Å². The highest BCUT2D eigenvalue weighted by Crippen LogP contribution is 2.15. The maximum Gasteiger partial charge on any atom is 0.0379 e. The molecular weight excluding hydrogens is 242 g/mol. The zero-order valence-electron chi connectivity index (χ0n) is 10.6. The van der Waals surface area contributed by atoms with E-state index in [2.05, 4.69) is 36.2 Å². The fraction of sp³-hybridized carbons (Fsp3) is 0.312. The van der Waals surface area contributed by atoms with Crippen LogP contribution in [0.15, 0.2) is 48.8 Å². The minimum absolute atomic E-state index is 0.188. The summed E-state index contributed by atoms with van der Waals surface area (Å²) in [6.45, 7) is 2.12. The Bertz CT molecular complexity index is 481. The van der Waals surface area contributed by atoms with Crippen molar-refractivity contribution in [2.75, 3.05) is 0 Å². The molecule has 2 rings (SSSR count). The molecule has 18 heavy (non-hydrogen) atoms. The maximum atomic E-state index is 6.38. The van der Waals surface area contributed by atoms with Crippen molar-refractivity contribution < 1.29 is 0 Å². The van der Waals surface area contributed by atoms with Crippen molar-refractivity contribution >= 4 is 11.6 Å². The van der Waals surface area contributed by atoms with Crippen LogP contribution in [0.1, 0.15) is 23.1 Å². The van der Waals surface area contributed by atoms with E-state index >= 15 is 0 Å².